The average Bonchev–Trinajstić information content (AvgIpc) is 3.59. The molecule has 2 aliphatic heterocycles. The molecule has 5 rings (SSSR count). The van der Waals surface area contributed by atoms with E-state index in [9.17, 15) is 9.90 Å². The van der Waals surface area contributed by atoms with Gasteiger partial charge in [0, 0.05) is 30.3 Å². The number of aliphatic hydroxyl groups is 1. The fourth-order valence-electron chi connectivity index (χ4n) is 5.76. The van der Waals surface area contributed by atoms with Crippen LogP contribution in [0.5, 0.6) is 5.75 Å². The first kappa shape index (κ1) is 28.6. The molecule has 1 unspecified atom stereocenters. The number of carbonyl (C=O) groups excluding carboxylic acids is 1. The molecule has 2 N–H and O–H groups in total. The first-order valence-electron chi connectivity index (χ1n) is 13.6. The van der Waals surface area contributed by atoms with Gasteiger partial charge in [-0.2, -0.15) is 8.78 Å². The van der Waals surface area contributed by atoms with E-state index in [0.717, 1.165) is 49.9 Å². The molecular formula is C29H34Cl2F2N2O4. The Morgan fingerprint density at radius 1 is 1.10 bits per heavy atom. The summed E-state index contributed by atoms with van der Waals surface area (Å²) < 4.78 is 42.3. The summed E-state index contributed by atoms with van der Waals surface area (Å²) in [6.07, 6.45) is 2.42. The lowest BCUT2D eigenvalue weighted by atomic mass is 9.95. The van der Waals surface area contributed by atoms with Gasteiger partial charge in [0.1, 0.15) is 18.0 Å². The average molecular weight is 584 g/mol. The van der Waals surface area contributed by atoms with E-state index in [-0.39, 0.29) is 25.5 Å². The van der Waals surface area contributed by atoms with Gasteiger partial charge in [-0.05, 0) is 79.7 Å². The number of amides is 1. The third kappa shape index (κ3) is 6.68. The number of halogens is 4. The molecule has 1 aliphatic carbocycles. The number of carbonyl (C=O) groups is 1. The molecule has 0 bridgehead atoms. The molecule has 212 valence electrons. The van der Waals surface area contributed by atoms with Crippen molar-refractivity contribution in [3.63, 3.8) is 0 Å². The zero-order valence-corrected chi connectivity index (χ0v) is 23.2. The van der Waals surface area contributed by atoms with Crippen LogP contribution >= 0.6 is 23.2 Å². The first-order valence-corrected chi connectivity index (χ1v) is 14.4. The summed E-state index contributed by atoms with van der Waals surface area (Å²) in [5, 5.41) is 14.6. The summed E-state index contributed by atoms with van der Waals surface area (Å²) in [6.45, 7) is 3.08. The van der Waals surface area contributed by atoms with Gasteiger partial charge in [0.15, 0.2) is 0 Å². The molecule has 6 nitrogen and oxygen atoms in total. The van der Waals surface area contributed by atoms with Crippen molar-refractivity contribution in [3.8, 4) is 5.75 Å². The standard InChI is InChI=1S/C29H34Cl2F2N2O4/c30-22-5-3-18-13-21(14-20(18)15-22)29(32,33)28(37)34-25(17-35-9-1-2-10-35)27(36)19-4-6-26(24(31)16-19)39-23-7-11-38-12-8-23/h3-6,15-16,21,23,25,27,36H,1-2,7-14,17H2,(H,34,37)/t21?,25-,27-/m1/s1. The number of hydrogen-bond acceptors (Lipinski definition) is 5. The molecule has 2 saturated heterocycles. The number of likely N-dealkylation sites (tertiary alicyclic amines) is 1. The van der Waals surface area contributed by atoms with Crippen LogP contribution in [-0.4, -0.2) is 66.8 Å². The first-order chi connectivity index (χ1) is 18.7. The van der Waals surface area contributed by atoms with E-state index in [1.165, 1.54) is 0 Å². The molecular weight excluding hydrogens is 549 g/mol. The van der Waals surface area contributed by atoms with Crippen molar-refractivity contribution in [3.05, 3.63) is 63.1 Å². The number of alkyl halides is 2. The van der Waals surface area contributed by atoms with Gasteiger partial charge in [0.2, 0.25) is 0 Å². The van der Waals surface area contributed by atoms with E-state index in [2.05, 4.69) is 10.2 Å². The molecule has 2 aromatic rings. The van der Waals surface area contributed by atoms with Crippen LogP contribution in [0.15, 0.2) is 36.4 Å². The maximum atomic E-state index is 15.5. The zero-order chi connectivity index (χ0) is 27.6. The van der Waals surface area contributed by atoms with Gasteiger partial charge in [-0.25, -0.2) is 0 Å². The Morgan fingerprint density at radius 3 is 2.54 bits per heavy atom. The van der Waals surface area contributed by atoms with Crippen molar-refractivity contribution in [2.24, 2.45) is 5.92 Å². The van der Waals surface area contributed by atoms with Crippen LogP contribution in [-0.2, 0) is 22.4 Å². The number of nitrogens with zero attached hydrogens (tertiary/aromatic N) is 1. The number of rotatable bonds is 9. The second-order valence-electron chi connectivity index (χ2n) is 10.8. The van der Waals surface area contributed by atoms with Crippen molar-refractivity contribution < 1.29 is 28.2 Å². The molecule has 0 spiro atoms. The number of benzene rings is 2. The van der Waals surface area contributed by atoms with E-state index in [4.69, 9.17) is 32.7 Å². The van der Waals surface area contributed by atoms with Crippen molar-refractivity contribution in [1.29, 1.82) is 0 Å². The van der Waals surface area contributed by atoms with Crippen LogP contribution in [0.2, 0.25) is 10.0 Å². The fourth-order valence-corrected chi connectivity index (χ4v) is 6.19. The maximum absolute atomic E-state index is 15.5. The van der Waals surface area contributed by atoms with Crippen LogP contribution in [0, 0.1) is 5.92 Å². The SMILES string of the molecule is O=C(N[C@H](CN1CCCC1)[C@H](O)c1ccc(OC2CCOCC2)c(Cl)c1)C(F)(F)C1Cc2ccc(Cl)cc2C1. The molecule has 2 aromatic carbocycles. The highest BCUT2D eigenvalue weighted by Gasteiger charge is 2.50. The molecule has 10 heteroatoms. The van der Waals surface area contributed by atoms with Crippen LogP contribution in [0.1, 0.15) is 48.5 Å². The third-order valence-electron chi connectivity index (χ3n) is 8.03. The Bertz CT molecular complexity index is 1170. The van der Waals surface area contributed by atoms with Crippen LogP contribution in [0.3, 0.4) is 0 Å². The summed E-state index contributed by atoms with van der Waals surface area (Å²) in [5.74, 6) is -5.67. The van der Waals surface area contributed by atoms with Gasteiger partial charge in [0.05, 0.1) is 24.3 Å². The summed E-state index contributed by atoms with van der Waals surface area (Å²) in [4.78, 5) is 15.1. The monoisotopic (exact) mass is 582 g/mol. The van der Waals surface area contributed by atoms with Crippen LogP contribution < -0.4 is 10.1 Å². The molecule has 3 aliphatic rings. The molecule has 2 heterocycles. The highest BCUT2D eigenvalue weighted by molar-refractivity contribution is 6.32. The highest BCUT2D eigenvalue weighted by atomic mass is 35.5. The van der Waals surface area contributed by atoms with Crippen molar-refractivity contribution in [2.75, 3.05) is 32.8 Å². The summed E-state index contributed by atoms with van der Waals surface area (Å²) in [6, 6.07) is 9.09. The zero-order valence-electron chi connectivity index (χ0n) is 21.7. The fraction of sp³-hybridized carbons (Fsp3) is 0.552. The number of nitrogens with one attached hydrogen (secondary N) is 1. The highest BCUT2D eigenvalue weighted by Crippen LogP contribution is 2.39. The van der Waals surface area contributed by atoms with Gasteiger partial charge in [-0.15, -0.1) is 0 Å². The second kappa shape index (κ2) is 12.3. The minimum absolute atomic E-state index is 0.00536. The molecule has 39 heavy (non-hydrogen) atoms. The Labute approximate surface area is 237 Å². The minimum atomic E-state index is -3.62. The molecule has 0 saturated carbocycles. The van der Waals surface area contributed by atoms with Gasteiger partial charge >= 0.3 is 5.92 Å². The Balaban J connectivity index is 1.30. The quantitative estimate of drug-likeness (QED) is 0.424. The Kier molecular flexibility index (Phi) is 8.98. The van der Waals surface area contributed by atoms with Gasteiger partial charge in [-0.3, -0.25) is 4.79 Å². The van der Waals surface area contributed by atoms with Gasteiger partial charge in [0.25, 0.3) is 5.91 Å². The van der Waals surface area contributed by atoms with Crippen molar-refractivity contribution in [2.45, 2.75) is 62.7 Å². The second-order valence-corrected chi connectivity index (χ2v) is 11.6. The topological polar surface area (TPSA) is 71.0 Å². The largest absolute Gasteiger partial charge is 0.489 e. The Hall–Kier alpha value is -1.97. The van der Waals surface area contributed by atoms with Crippen LogP contribution in [0.4, 0.5) is 8.78 Å². The lowest BCUT2D eigenvalue weighted by Crippen LogP contribution is -2.54. The number of ether oxygens (including phenoxy) is 2. The summed E-state index contributed by atoms with van der Waals surface area (Å²) >= 11 is 12.5. The lowest BCUT2D eigenvalue weighted by Gasteiger charge is -2.31. The molecule has 2 fully saturated rings. The van der Waals surface area contributed by atoms with Gasteiger partial charge < -0.3 is 24.8 Å². The molecule has 0 aromatic heterocycles. The predicted octanol–water partition coefficient (Wildman–Crippen LogP) is 5.22. The molecule has 1 amide bonds. The smallest absolute Gasteiger partial charge is 0.327 e. The van der Waals surface area contributed by atoms with E-state index in [0.29, 0.717) is 34.6 Å². The third-order valence-corrected chi connectivity index (χ3v) is 8.56. The summed E-state index contributed by atoms with van der Waals surface area (Å²) in [5.41, 5.74) is 1.95. The number of fused-ring (bicyclic) bond motifs is 1. The normalized spacial score (nSPS) is 21.9. The van der Waals surface area contributed by atoms with E-state index in [1.54, 1.807) is 36.4 Å². The number of aliphatic hydroxyl groups excluding tert-OH is 1. The van der Waals surface area contributed by atoms with Crippen LogP contribution in [0.25, 0.3) is 0 Å². The molecule has 3 atom stereocenters. The van der Waals surface area contributed by atoms with Crippen molar-refractivity contribution in [1.82, 2.24) is 10.2 Å². The predicted molar refractivity (Wildman–Crippen MR) is 146 cm³/mol. The van der Waals surface area contributed by atoms with E-state index < -0.39 is 29.9 Å². The maximum Gasteiger partial charge on any atom is 0.327 e. The number of hydrogen-bond donors (Lipinski definition) is 2. The van der Waals surface area contributed by atoms with Crippen molar-refractivity contribution >= 4 is 29.1 Å². The Morgan fingerprint density at radius 2 is 1.82 bits per heavy atom. The minimum Gasteiger partial charge on any atom is -0.489 e. The van der Waals surface area contributed by atoms with Gasteiger partial charge in [-0.1, -0.05) is 35.3 Å². The molecule has 0 radical (unpaired) electrons. The summed E-state index contributed by atoms with van der Waals surface area (Å²) in [7, 11) is 0. The lowest BCUT2D eigenvalue weighted by molar-refractivity contribution is -0.155. The van der Waals surface area contributed by atoms with E-state index in [1.807, 2.05) is 0 Å². The van der Waals surface area contributed by atoms with E-state index >= 15 is 8.78 Å².